The Morgan fingerprint density at radius 3 is 2.44 bits per heavy atom. The number of alkyl halides is 3. The van der Waals surface area contributed by atoms with Gasteiger partial charge in [-0.2, -0.15) is 18.3 Å². The highest BCUT2D eigenvalue weighted by Crippen LogP contribution is 2.34. The Morgan fingerprint density at radius 1 is 1.28 bits per heavy atom. The number of hydrogen-bond donors (Lipinski definition) is 0. The molecule has 3 aromatic rings. The molecule has 0 fully saturated rings. The number of halogens is 4. The Bertz CT molecular complexity index is 968. The minimum absolute atomic E-state index is 0.00739. The zero-order chi connectivity index (χ0) is 18.4. The van der Waals surface area contributed by atoms with Crippen molar-refractivity contribution < 1.29 is 27.8 Å². The lowest BCUT2D eigenvalue weighted by molar-refractivity contribution is -0.255. The van der Waals surface area contributed by atoms with Gasteiger partial charge in [-0.15, -0.1) is 0 Å². The van der Waals surface area contributed by atoms with Crippen molar-refractivity contribution in [2.24, 2.45) is 0 Å². The summed E-state index contributed by atoms with van der Waals surface area (Å²) in [7, 11) is 1.46. The largest absolute Gasteiger partial charge is 0.543 e. The van der Waals surface area contributed by atoms with Crippen molar-refractivity contribution in [3.8, 4) is 17.0 Å². The van der Waals surface area contributed by atoms with Gasteiger partial charge in [0.05, 0.1) is 23.2 Å². The van der Waals surface area contributed by atoms with Gasteiger partial charge in [0.2, 0.25) is 0 Å². The van der Waals surface area contributed by atoms with Crippen molar-refractivity contribution in [3.05, 3.63) is 46.2 Å². The van der Waals surface area contributed by atoms with Gasteiger partial charge in [-0.1, -0.05) is 0 Å². The molecular weight excluding hydrogens is 407 g/mol. The Labute approximate surface area is 147 Å². The molecule has 130 valence electrons. The van der Waals surface area contributed by atoms with Crippen molar-refractivity contribution in [2.75, 3.05) is 7.11 Å². The molecule has 6 nitrogen and oxygen atoms in total. The summed E-state index contributed by atoms with van der Waals surface area (Å²) in [5.41, 5.74) is -1.69. The number of benzene rings is 1. The monoisotopic (exact) mass is 414 g/mol. The number of rotatable bonds is 3. The fourth-order valence-corrected chi connectivity index (χ4v) is 2.73. The molecule has 0 saturated heterocycles. The standard InChI is InChI=1S/C15H9BrF3N3O3/c1-25-8-4-2-7(3-5-8)9-6-10(15(17,18)19)22-13(20-9)11(16)12(21-22)14(23)24/h2-6H,1H3,(H,23,24)/p-1. The molecule has 0 aliphatic carbocycles. The van der Waals surface area contributed by atoms with Crippen LogP contribution in [0.2, 0.25) is 0 Å². The third-order valence-electron chi connectivity index (χ3n) is 3.40. The molecule has 0 unspecified atom stereocenters. The first-order valence-corrected chi connectivity index (χ1v) is 7.54. The number of carboxylic acid groups (broad SMARTS) is 1. The topological polar surface area (TPSA) is 79.5 Å². The molecule has 0 radical (unpaired) electrons. The summed E-state index contributed by atoms with van der Waals surface area (Å²) in [6.07, 6.45) is -4.77. The average molecular weight is 415 g/mol. The maximum atomic E-state index is 13.4. The van der Waals surface area contributed by atoms with Crippen LogP contribution in [0.25, 0.3) is 16.9 Å². The number of fused-ring (bicyclic) bond motifs is 1. The molecule has 2 aromatic heterocycles. The van der Waals surface area contributed by atoms with Gasteiger partial charge in [-0.25, -0.2) is 9.50 Å². The first kappa shape index (κ1) is 17.2. The van der Waals surface area contributed by atoms with E-state index in [4.69, 9.17) is 4.74 Å². The Morgan fingerprint density at radius 2 is 1.92 bits per heavy atom. The second-order valence-corrected chi connectivity index (χ2v) is 5.73. The lowest BCUT2D eigenvalue weighted by Crippen LogP contribution is -2.23. The van der Waals surface area contributed by atoms with Crippen LogP contribution in [0, 0.1) is 0 Å². The predicted octanol–water partition coefficient (Wildman–Crippen LogP) is 2.55. The lowest BCUT2D eigenvalue weighted by atomic mass is 10.1. The minimum atomic E-state index is -4.77. The summed E-state index contributed by atoms with van der Waals surface area (Å²) in [5, 5.41) is 14.5. The molecule has 0 N–H and O–H groups in total. The molecule has 1 aromatic carbocycles. The number of carbonyl (C=O) groups is 1. The summed E-state index contributed by atoms with van der Waals surface area (Å²) >= 11 is 2.93. The van der Waals surface area contributed by atoms with Gasteiger partial charge in [0.1, 0.15) is 11.4 Å². The third-order valence-corrected chi connectivity index (χ3v) is 4.13. The van der Waals surface area contributed by atoms with Crippen LogP contribution in [-0.4, -0.2) is 27.7 Å². The molecule has 0 bridgehead atoms. The van der Waals surface area contributed by atoms with E-state index in [1.165, 1.54) is 7.11 Å². The van der Waals surface area contributed by atoms with E-state index in [-0.39, 0.29) is 15.8 Å². The lowest BCUT2D eigenvalue weighted by Gasteiger charge is -2.11. The van der Waals surface area contributed by atoms with Crippen LogP contribution in [0.4, 0.5) is 13.2 Å². The van der Waals surface area contributed by atoms with Gasteiger partial charge >= 0.3 is 6.18 Å². The van der Waals surface area contributed by atoms with Crippen molar-refractivity contribution in [1.29, 1.82) is 0 Å². The van der Waals surface area contributed by atoms with Gasteiger partial charge in [0.25, 0.3) is 0 Å². The quantitative estimate of drug-likeness (QED) is 0.657. The van der Waals surface area contributed by atoms with Crippen LogP contribution in [0.1, 0.15) is 16.2 Å². The van der Waals surface area contributed by atoms with E-state index >= 15 is 0 Å². The molecule has 0 aliphatic heterocycles. The van der Waals surface area contributed by atoms with E-state index < -0.39 is 23.5 Å². The maximum Gasteiger partial charge on any atom is 0.433 e. The molecule has 25 heavy (non-hydrogen) atoms. The van der Waals surface area contributed by atoms with E-state index in [0.717, 1.165) is 6.07 Å². The second kappa shape index (κ2) is 6.03. The Balaban J connectivity index is 2.30. The van der Waals surface area contributed by atoms with E-state index in [9.17, 15) is 23.1 Å². The van der Waals surface area contributed by atoms with E-state index in [1.54, 1.807) is 24.3 Å². The van der Waals surface area contributed by atoms with Gasteiger partial charge in [0, 0.05) is 5.56 Å². The van der Waals surface area contributed by atoms with Gasteiger partial charge in [-0.05, 0) is 46.3 Å². The van der Waals surface area contributed by atoms with Crippen LogP contribution < -0.4 is 9.84 Å². The first-order valence-electron chi connectivity index (χ1n) is 6.74. The average Bonchev–Trinajstić information content (AvgIpc) is 2.90. The molecule has 0 saturated carbocycles. The summed E-state index contributed by atoms with van der Waals surface area (Å²) < 4.78 is 45.4. The van der Waals surface area contributed by atoms with Crippen molar-refractivity contribution in [3.63, 3.8) is 0 Å². The Hall–Kier alpha value is -2.62. The summed E-state index contributed by atoms with van der Waals surface area (Å²) in [5.74, 6) is -1.18. The normalized spacial score (nSPS) is 11.7. The molecular formula is C15H8BrF3N3O3-. The summed E-state index contributed by atoms with van der Waals surface area (Å²) in [6, 6.07) is 7.04. The number of carbonyl (C=O) groups excluding carboxylic acids is 1. The molecule has 0 aliphatic rings. The number of hydrogen-bond acceptors (Lipinski definition) is 5. The van der Waals surface area contributed by atoms with Crippen LogP contribution in [-0.2, 0) is 6.18 Å². The van der Waals surface area contributed by atoms with Crippen molar-refractivity contribution >= 4 is 27.5 Å². The number of nitrogens with zero attached hydrogens (tertiary/aromatic N) is 3. The number of carboxylic acids is 1. The van der Waals surface area contributed by atoms with E-state index in [2.05, 4.69) is 26.0 Å². The van der Waals surface area contributed by atoms with Crippen LogP contribution >= 0.6 is 15.9 Å². The van der Waals surface area contributed by atoms with Crippen molar-refractivity contribution in [1.82, 2.24) is 14.6 Å². The second-order valence-electron chi connectivity index (χ2n) is 4.94. The number of methoxy groups -OCH3 is 1. The minimum Gasteiger partial charge on any atom is -0.543 e. The summed E-state index contributed by atoms with van der Waals surface area (Å²) in [6.45, 7) is 0. The maximum absolute atomic E-state index is 13.4. The Kier molecular flexibility index (Phi) is 4.15. The number of ether oxygens (including phenoxy) is 1. The predicted molar refractivity (Wildman–Crippen MR) is 82.0 cm³/mol. The fraction of sp³-hybridized carbons (Fsp3) is 0.133. The zero-order valence-electron chi connectivity index (χ0n) is 12.5. The fourth-order valence-electron chi connectivity index (χ4n) is 2.23. The smallest absolute Gasteiger partial charge is 0.433 e. The van der Waals surface area contributed by atoms with E-state index in [1.807, 2.05) is 0 Å². The highest BCUT2D eigenvalue weighted by Gasteiger charge is 2.36. The highest BCUT2D eigenvalue weighted by molar-refractivity contribution is 9.10. The highest BCUT2D eigenvalue weighted by atomic mass is 79.9. The molecule has 2 heterocycles. The molecule has 3 rings (SSSR count). The van der Waals surface area contributed by atoms with Crippen LogP contribution in [0.3, 0.4) is 0 Å². The van der Waals surface area contributed by atoms with Gasteiger partial charge in [-0.3, -0.25) is 0 Å². The number of aromatic nitrogens is 3. The number of aromatic carboxylic acids is 1. The first-order chi connectivity index (χ1) is 11.7. The van der Waals surface area contributed by atoms with Crippen molar-refractivity contribution in [2.45, 2.75) is 6.18 Å². The SMILES string of the molecule is COc1ccc(-c2cc(C(F)(F)F)n3nc(C(=O)[O-])c(Br)c3n2)cc1. The van der Waals surface area contributed by atoms with Crippen LogP contribution in [0.15, 0.2) is 34.8 Å². The molecule has 0 atom stereocenters. The van der Waals surface area contributed by atoms with Crippen LogP contribution in [0.5, 0.6) is 5.75 Å². The molecule has 10 heteroatoms. The summed E-state index contributed by atoms with van der Waals surface area (Å²) in [4.78, 5) is 15.1. The zero-order valence-corrected chi connectivity index (χ0v) is 14.1. The molecule has 0 amide bonds. The van der Waals surface area contributed by atoms with Gasteiger partial charge in [0.15, 0.2) is 11.3 Å². The third kappa shape index (κ3) is 3.04. The van der Waals surface area contributed by atoms with E-state index in [0.29, 0.717) is 15.8 Å². The van der Waals surface area contributed by atoms with Gasteiger partial charge < -0.3 is 14.6 Å². The molecule has 0 spiro atoms.